The van der Waals surface area contributed by atoms with Gasteiger partial charge in [0, 0.05) is 36.0 Å². The average molecular weight is 382 g/mol. The molecule has 2 aromatic carbocycles. The van der Waals surface area contributed by atoms with Gasteiger partial charge in [-0.05, 0) is 49.2 Å². The van der Waals surface area contributed by atoms with Crippen molar-refractivity contribution in [2.24, 2.45) is 5.73 Å². The number of nitrogens with zero attached hydrogens (tertiary/aromatic N) is 2. The molecule has 1 heterocycles. The highest BCUT2D eigenvalue weighted by atomic mass is 16.6. The molecule has 28 heavy (non-hydrogen) atoms. The van der Waals surface area contributed by atoms with Gasteiger partial charge in [-0.1, -0.05) is 12.8 Å². The summed E-state index contributed by atoms with van der Waals surface area (Å²) < 4.78 is 0. The molecule has 0 atom stereocenters. The summed E-state index contributed by atoms with van der Waals surface area (Å²) in [6, 6.07) is 10.7. The number of nitro groups is 1. The number of anilines is 2. The maximum Gasteiger partial charge on any atom is 0.293 e. The van der Waals surface area contributed by atoms with Crippen molar-refractivity contribution >= 4 is 28.9 Å². The van der Waals surface area contributed by atoms with Crippen molar-refractivity contribution < 1.29 is 14.5 Å². The molecule has 0 radical (unpaired) electrons. The van der Waals surface area contributed by atoms with Crippen molar-refractivity contribution in [1.82, 2.24) is 0 Å². The molecule has 1 saturated heterocycles. The summed E-state index contributed by atoms with van der Waals surface area (Å²) >= 11 is 0. The van der Waals surface area contributed by atoms with Crippen molar-refractivity contribution in [3.63, 3.8) is 0 Å². The summed E-state index contributed by atoms with van der Waals surface area (Å²) in [5.41, 5.74) is 6.67. The van der Waals surface area contributed by atoms with Crippen molar-refractivity contribution in [3.8, 4) is 0 Å². The van der Waals surface area contributed by atoms with E-state index in [1.54, 1.807) is 24.3 Å². The molecular formula is C20H22N4O4. The van der Waals surface area contributed by atoms with E-state index < -0.39 is 16.7 Å². The first-order valence-electron chi connectivity index (χ1n) is 9.20. The van der Waals surface area contributed by atoms with Crippen LogP contribution >= 0.6 is 0 Å². The maximum absolute atomic E-state index is 12.5. The summed E-state index contributed by atoms with van der Waals surface area (Å²) in [5, 5.41) is 14.3. The van der Waals surface area contributed by atoms with Gasteiger partial charge in [0.05, 0.1) is 4.92 Å². The summed E-state index contributed by atoms with van der Waals surface area (Å²) in [5.74, 6) is -1.02. The van der Waals surface area contributed by atoms with Crippen LogP contribution in [0.3, 0.4) is 0 Å². The zero-order valence-electron chi connectivity index (χ0n) is 15.4. The van der Waals surface area contributed by atoms with Crippen LogP contribution in [0, 0.1) is 10.1 Å². The lowest BCUT2D eigenvalue weighted by Crippen LogP contribution is -2.25. The van der Waals surface area contributed by atoms with Crippen molar-refractivity contribution in [3.05, 3.63) is 63.7 Å². The maximum atomic E-state index is 12.5. The number of amides is 2. The molecule has 1 aliphatic rings. The Morgan fingerprint density at radius 1 is 0.964 bits per heavy atom. The summed E-state index contributed by atoms with van der Waals surface area (Å²) in [7, 11) is 0. The summed E-state index contributed by atoms with van der Waals surface area (Å²) in [6.45, 7) is 1.55. The van der Waals surface area contributed by atoms with Crippen molar-refractivity contribution in [2.45, 2.75) is 25.7 Å². The first kappa shape index (κ1) is 19.3. The molecule has 2 amide bonds. The lowest BCUT2D eigenvalue weighted by molar-refractivity contribution is -0.384. The number of carbonyl (C=O) groups is 2. The van der Waals surface area contributed by atoms with E-state index in [-0.39, 0.29) is 11.3 Å². The number of hydrogen-bond donors (Lipinski definition) is 2. The van der Waals surface area contributed by atoms with E-state index in [4.69, 9.17) is 5.73 Å². The zero-order chi connectivity index (χ0) is 20.1. The highest BCUT2D eigenvalue weighted by molar-refractivity contribution is 6.05. The molecule has 2 aromatic rings. The SMILES string of the molecule is NC(=O)c1ccc(NC(=O)c2ccc(N3CCCCCC3)c([N+](=O)[O-])c2)cc1. The Hall–Kier alpha value is -3.42. The number of rotatable bonds is 5. The Morgan fingerprint density at radius 3 is 2.14 bits per heavy atom. The molecule has 8 nitrogen and oxygen atoms in total. The van der Waals surface area contributed by atoms with Gasteiger partial charge in [-0.15, -0.1) is 0 Å². The van der Waals surface area contributed by atoms with E-state index in [2.05, 4.69) is 5.32 Å². The smallest absolute Gasteiger partial charge is 0.293 e. The lowest BCUT2D eigenvalue weighted by Gasteiger charge is -2.22. The molecule has 3 N–H and O–H groups in total. The number of benzene rings is 2. The van der Waals surface area contributed by atoms with Crippen LogP contribution in [0.25, 0.3) is 0 Å². The van der Waals surface area contributed by atoms with Crippen LogP contribution in [0.15, 0.2) is 42.5 Å². The molecule has 1 aliphatic heterocycles. The van der Waals surface area contributed by atoms with Crippen LogP contribution in [-0.4, -0.2) is 29.8 Å². The van der Waals surface area contributed by atoms with Crippen LogP contribution in [0.2, 0.25) is 0 Å². The van der Waals surface area contributed by atoms with Gasteiger partial charge in [-0.25, -0.2) is 0 Å². The van der Waals surface area contributed by atoms with Gasteiger partial charge in [0.2, 0.25) is 5.91 Å². The van der Waals surface area contributed by atoms with E-state index in [1.807, 2.05) is 4.90 Å². The fraction of sp³-hybridized carbons (Fsp3) is 0.300. The number of carbonyl (C=O) groups excluding carboxylic acids is 2. The minimum absolute atomic E-state index is 0.0707. The van der Waals surface area contributed by atoms with Gasteiger partial charge in [-0.2, -0.15) is 0 Å². The zero-order valence-corrected chi connectivity index (χ0v) is 15.4. The summed E-state index contributed by atoms with van der Waals surface area (Å²) in [4.78, 5) is 36.8. The molecule has 0 aromatic heterocycles. The van der Waals surface area contributed by atoms with Crippen LogP contribution in [0.5, 0.6) is 0 Å². The third-order valence-corrected chi connectivity index (χ3v) is 4.81. The second-order valence-corrected chi connectivity index (χ2v) is 6.76. The molecule has 8 heteroatoms. The van der Waals surface area contributed by atoms with E-state index in [9.17, 15) is 19.7 Å². The summed E-state index contributed by atoms with van der Waals surface area (Å²) in [6.07, 6.45) is 4.25. The fourth-order valence-corrected chi connectivity index (χ4v) is 3.31. The third-order valence-electron chi connectivity index (χ3n) is 4.81. The van der Waals surface area contributed by atoms with E-state index >= 15 is 0 Å². The number of nitrogens with two attached hydrogens (primary N) is 1. The van der Waals surface area contributed by atoms with Crippen LogP contribution in [0.4, 0.5) is 17.1 Å². The molecule has 3 rings (SSSR count). The molecule has 0 unspecified atom stereocenters. The van der Waals surface area contributed by atoms with Gasteiger partial charge in [0.15, 0.2) is 0 Å². The van der Waals surface area contributed by atoms with Gasteiger partial charge in [-0.3, -0.25) is 19.7 Å². The first-order chi connectivity index (χ1) is 13.5. The molecule has 146 valence electrons. The van der Waals surface area contributed by atoms with E-state index in [0.717, 1.165) is 38.8 Å². The predicted molar refractivity (Wildman–Crippen MR) is 107 cm³/mol. The van der Waals surface area contributed by atoms with Crippen LogP contribution < -0.4 is 16.0 Å². The Balaban J connectivity index is 1.81. The molecule has 0 bridgehead atoms. The highest BCUT2D eigenvalue weighted by Gasteiger charge is 2.22. The molecule has 0 aliphatic carbocycles. The highest BCUT2D eigenvalue weighted by Crippen LogP contribution is 2.31. The second kappa shape index (κ2) is 8.51. The monoisotopic (exact) mass is 382 g/mol. The lowest BCUT2D eigenvalue weighted by atomic mass is 10.1. The molecule has 0 spiro atoms. The van der Waals surface area contributed by atoms with E-state index in [1.165, 1.54) is 18.2 Å². The first-order valence-corrected chi connectivity index (χ1v) is 9.20. The number of nitro benzene ring substituents is 1. The Bertz CT molecular complexity index is 888. The Labute approximate surface area is 162 Å². The van der Waals surface area contributed by atoms with Crippen LogP contribution in [0.1, 0.15) is 46.4 Å². The minimum Gasteiger partial charge on any atom is -0.366 e. The van der Waals surface area contributed by atoms with Gasteiger partial charge >= 0.3 is 0 Å². The Kier molecular flexibility index (Phi) is 5.88. The quantitative estimate of drug-likeness (QED) is 0.607. The number of hydrogen-bond acceptors (Lipinski definition) is 5. The molecule has 0 saturated carbocycles. The average Bonchev–Trinajstić information content (AvgIpc) is 2.97. The fourth-order valence-electron chi connectivity index (χ4n) is 3.31. The van der Waals surface area contributed by atoms with E-state index in [0.29, 0.717) is 16.9 Å². The predicted octanol–water partition coefficient (Wildman–Crippen LogP) is 3.33. The Morgan fingerprint density at radius 2 is 1.57 bits per heavy atom. The number of nitrogens with one attached hydrogen (secondary N) is 1. The second-order valence-electron chi connectivity index (χ2n) is 6.76. The third kappa shape index (κ3) is 4.46. The normalized spacial score (nSPS) is 14.2. The molecular weight excluding hydrogens is 360 g/mol. The van der Waals surface area contributed by atoms with Gasteiger partial charge in [0.25, 0.3) is 11.6 Å². The standard InChI is InChI=1S/C20H22N4O4/c21-19(25)14-5-8-16(9-6-14)22-20(26)15-7-10-17(18(13-15)24(27)28)23-11-3-1-2-4-12-23/h5-10,13H,1-4,11-12H2,(H2,21,25)(H,22,26). The van der Waals surface area contributed by atoms with Crippen LogP contribution in [-0.2, 0) is 0 Å². The number of primary amides is 1. The largest absolute Gasteiger partial charge is 0.366 e. The van der Waals surface area contributed by atoms with Crippen molar-refractivity contribution in [1.29, 1.82) is 0 Å². The molecule has 1 fully saturated rings. The van der Waals surface area contributed by atoms with Crippen molar-refractivity contribution in [2.75, 3.05) is 23.3 Å². The van der Waals surface area contributed by atoms with Gasteiger partial charge < -0.3 is 16.0 Å². The van der Waals surface area contributed by atoms with Gasteiger partial charge in [0.1, 0.15) is 5.69 Å². The minimum atomic E-state index is -0.558. The topological polar surface area (TPSA) is 119 Å².